The quantitative estimate of drug-likeness (QED) is 0.326. The van der Waals surface area contributed by atoms with Crippen LogP contribution in [0.15, 0.2) is 65.3 Å². The van der Waals surface area contributed by atoms with Gasteiger partial charge in [-0.1, -0.05) is 53.5 Å². The lowest BCUT2D eigenvalue weighted by molar-refractivity contribution is -0.133. The van der Waals surface area contributed by atoms with E-state index in [-0.39, 0.29) is 12.2 Å². The molecule has 25 heavy (non-hydrogen) atoms. The van der Waals surface area contributed by atoms with Gasteiger partial charge in [0, 0.05) is 22.0 Å². The summed E-state index contributed by atoms with van der Waals surface area (Å²) < 4.78 is 11.0. The number of rotatable bonds is 3. The molecule has 0 amide bonds. The molecular weight excluding hydrogens is 359 g/mol. The van der Waals surface area contributed by atoms with E-state index in [1.54, 1.807) is 18.4 Å². The smallest absolute Gasteiger partial charge is 0.315 e. The predicted molar refractivity (Wildman–Crippen MR) is 99.5 cm³/mol. The number of halogens is 2. The zero-order valence-electron chi connectivity index (χ0n) is 13.0. The molecule has 0 unspecified atom stereocenters. The minimum absolute atomic E-state index is 0.0733. The summed E-state index contributed by atoms with van der Waals surface area (Å²) in [5.74, 6) is -0.184. The molecule has 3 aromatic carbocycles. The number of benzene rings is 3. The highest BCUT2D eigenvalue weighted by molar-refractivity contribution is 6.34. The summed E-state index contributed by atoms with van der Waals surface area (Å²) in [6.07, 6.45) is 1.67. The van der Waals surface area contributed by atoms with E-state index < -0.39 is 5.97 Å². The third kappa shape index (κ3) is 3.09. The molecule has 5 heteroatoms. The van der Waals surface area contributed by atoms with Crippen LogP contribution in [0.3, 0.4) is 0 Å². The summed E-state index contributed by atoms with van der Waals surface area (Å²) in [5.41, 5.74) is 1.51. The minimum atomic E-state index is -0.431. The molecule has 1 heterocycles. The van der Waals surface area contributed by atoms with Gasteiger partial charge < -0.3 is 9.15 Å². The molecule has 0 aliphatic heterocycles. The molecule has 0 radical (unpaired) electrons. The number of fused-ring (bicyclic) bond motifs is 3. The van der Waals surface area contributed by atoms with E-state index in [1.165, 1.54) is 6.07 Å². The minimum Gasteiger partial charge on any atom is -0.464 e. The van der Waals surface area contributed by atoms with Crippen LogP contribution in [-0.2, 0) is 11.2 Å². The average Bonchev–Trinajstić information content (AvgIpc) is 3.01. The Morgan fingerprint density at radius 1 is 1.04 bits per heavy atom. The Balaban J connectivity index is 1.67. The van der Waals surface area contributed by atoms with Gasteiger partial charge in [0.15, 0.2) is 5.75 Å². The number of esters is 1. The van der Waals surface area contributed by atoms with Crippen LogP contribution in [0.25, 0.3) is 21.7 Å². The number of carbonyl (C=O) groups excluding carboxylic acids is 1. The number of furan rings is 1. The topological polar surface area (TPSA) is 39.4 Å². The second-order valence-electron chi connectivity index (χ2n) is 5.65. The fourth-order valence-electron chi connectivity index (χ4n) is 2.87. The fraction of sp³-hybridized carbons (Fsp3) is 0.0500. The Bertz CT molecular complexity index is 1100. The van der Waals surface area contributed by atoms with Gasteiger partial charge in [-0.25, -0.2) is 0 Å². The lowest BCUT2D eigenvalue weighted by atomic mass is 10.0. The molecule has 3 nitrogen and oxygen atoms in total. The lowest BCUT2D eigenvalue weighted by Gasteiger charge is -2.06. The first-order chi connectivity index (χ1) is 12.1. The highest BCUT2D eigenvalue weighted by Gasteiger charge is 2.15. The van der Waals surface area contributed by atoms with Crippen LogP contribution < -0.4 is 4.74 Å². The Morgan fingerprint density at radius 2 is 1.88 bits per heavy atom. The number of hydrogen-bond acceptors (Lipinski definition) is 3. The Morgan fingerprint density at radius 3 is 2.76 bits per heavy atom. The van der Waals surface area contributed by atoms with E-state index in [2.05, 4.69) is 0 Å². The van der Waals surface area contributed by atoms with Crippen molar-refractivity contribution in [2.75, 3.05) is 0 Å². The van der Waals surface area contributed by atoms with Crippen LogP contribution in [0.1, 0.15) is 5.56 Å². The Hall–Kier alpha value is -2.49. The predicted octanol–water partition coefficient (Wildman–Crippen LogP) is 6.04. The molecule has 0 spiro atoms. The van der Waals surface area contributed by atoms with Gasteiger partial charge in [0.1, 0.15) is 5.58 Å². The summed E-state index contributed by atoms with van der Waals surface area (Å²) in [4.78, 5) is 12.4. The van der Waals surface area contributed by atoms with Gasteiger partial charge in [0.25, 0.3) is 0 Å². The Labute approximate surface area is 153 Å². The highest BCUT2D eigenvalue weighted by Crippen LogP contribution is 2.31. The summed E-state index contributed by atoms with van der Waals surface area (Å²) in [5, 5.41) is 3.83. The van der Waals surface area contributed by atoms with Crippen molar-refractivity contribution in [1.29, 1.82) is 0 Å². The zero-order chi connectivity index (χ0) is 17.4. The molecule has 0 aliphatic rings. The maximum Gasteiger partial charge on any atom is 0.315 e. The van der Waals surface area contributed by atoms with Gasteiger partial charge in [-0.3, -0.25) is 4.79 Å². The first-order valence-corrected chi connectivity index (χ1v) is 8.41. The molecule has 4 aromatic rings. The molecule has 0 fully saturated rings. The van der Waals surface area contributed by atoms with Crippen molar-refractivity contribution < 1.29 is 13.9 Å². The van der Waals surface area contributed by atoms with Crippen molar-refractivity contribution in [2.24, 2.45) is 0 Å². The first kappa shape index (κ1) is 16.0. The van der Waals surface area contributed by atoms with Crippen molar-refractivity contribution >= 4 is 50.9 Å². The maximum atomic E-state index is 12.4. The van der Waals surface area contributed by atoms with E-state index >= 15 is 0 Å². The van der Waals surface area contributed by atoms with Crippen molar-refractivity contribution in [2.45, 2.75) is 6.42 Å². The van der Waals surface area contributed by atoms with Gasteiger partial charge in [-0.2, -0.15) is 0 Å². The lowest BCUT2D eigenvalue weighted by Crippen LogP contribution is -2.11. The zero-order valence-corrected chi connectivity index (χ0v) is 14.5. The van der Waals surface area contributed by atoms with E-state index in [0.717, 1.165) is 27.3 Å². The maximum absolute atomic E-state index is 12.4. The van der Waals surface area contributed by atoms with Gasteiger partial charge >= 0.3 is 5.97 Å². The first-order valence-electron chi connectivity index (χ1n) is 7.65. The number of ether oxygens (including phenoxy) is 1. The molecular formula is C20H12Cl2O3. The monoisotopic (exact) mass is 370 g/mol. The molecule has 0 N–H and O–H groups in total. The molecule has 0 aliphatic carbocycles. The molecule has 1 aromatic heterocycles. The van der Waals surface area contributed by atoms with E-state index in [1.807, 2.05) is 36.4 Å². The standard InChI is InChI=1S/C20H12Cl2O3/c21-14-6-7-16(22)18(10-14)25-19(23)9-13-11-24-17-8-5-12-3-1-2-4-15(12)20(13)17/h1-8,10-11H,9H2. The van der Waals surface area contributed by atoms with Crippen molar-refractivity contribution in [3.05, 3.63) is 76.5 Å². The van der Waals surface area contributed by atoms with Gasteiger partial charge in [-0.05, 0) is 29.0 Å². The normalized spacial score (nSPS) is 11.1. The summed E-state index contributed by atoms with van der Waals surface area (Å²) in [6.45, 7) is 0. The van der Waals surface area contributed by atoms with Crippen molar-refractivity contribution in [3.63, 3.8) is 0 Å². The van der Waals surface area contributed by atoms with Crippen LogP contribution in [0.5, 0.6) is 5.75 Å². The van der Waals surface area contributed by atoms with Gasteiger partial charge in [-0.15, -0.1) is 0 Å². The number of carbonyl (C=O) groups is 1. The SMILES string of the molecule is O=C(Cc1coc2ccc3ccccc3c12)Oc1cc(Cl)ccc1Cl. The van der Waals surface area contributed by atoms with E-state index in [9.17, 15) is 4.79 Å². The van der Waals surface area contributed by atoms with Gasteiger partial charge in [0.2, 0.25) is 0 Å². The highest BCUT2D eigenvalue weighted by atomic mass is 35.5. The van der Waals surface area contributed by atoms with Crippen LogP contribution in [-0.4, -0.2) is 5.97 Å². The average molecular weight is 371 g/mol. The van der Waals surface area contributed by atoms with Crippen LogP contribution in [0.2, 0.25) is 10.0 Å². The second-order valence-corrected chi connectivity index (χ2v) is 6.49. The molecule has 0 saturated heterocycles. The fourth-order valence-corrected chi connectivity index (χ4v) is 3.19. The summed E-state index contributed by atoms with van der Waals surface area (Å²) in [7, 11) is 0. The molecule has 124 valence electrons. The van der Waals surface area contributed by atoms with Crippen LogP contribution >= 0.6 is 23.2 Å². The molecule has 4 rings (SSSR count). The van der Waals surface area contributed by atoms with Crippen LogP contribution in [0, 0.1) is 0 Å². The van der Waals surface area contributed by atoms with Gasteiger partial charge in [0.05, 0.1) is 17.7 Å². The number of hydrogen-bond donors (Lipinski definition) is 0. The van der Waals surface area contributed by atoms with Crippen LogP contribution in [0.4, 0.5) is 0 Å². The Kier molecular flexibility index (Phi) is 4.12. The largest absolute Gasteiger partial charge is 0.464 e. The molecule has 0 bridgehead atoms. The van der Waals surface area contributed by atoms with Crippen molar-refractivity contribution in [3.8, 4) is 5.75 Å². The molecule has 0 saturated carbocycles. The molecule has 0 atom stereocenters. The van der Waals surface area contributed by atoms with Crippen molar-refractivity contribution in [1.82, 2.24) is 0 Å². The third-order valence-corrected chi connectivity index (χ3v) is 4.54. The van der Waals surface area contributed by atoms with E-state index in [0.29, 0.717) is 10.0 Å². The summed E-state index contributed by atoms with van der Waals surface area (Å²) in [6, 6.07) is 16.6. The van der Waals surface area contributed by atoms with E-state index in [4.69, 9.17) is 32.4 Å². The summed E-state index contributed by atoms with van der Waals surface area (Å²) >= 11 is 12.0. The second kappa shape index (κ2) is 6.43. The third-order valence-electron chi connectivity index (χ3n) is 3.99.